The molecule has 0 atom stereocenters. The third-order valence-corrected chi connectivity index (χ3v) is 3.59. The van der Waals surface area contributed by atoms with Crippen molar-refractivity contribution in [2.75, 3.05) is 25.5 Å². The SMILES string of the molecule is COC(=O)CNc1ccc(CCNC(=O)c2ccc(C#N)cc2)cc1. The van der Waals surface area contributed by atoms with Gasteiger partial charge in [-0.3, -0.25) is 9.59 Å². The van der Waals surface area contributed by atoms with Gasteiger partial charge in [-0.25, -0.2) is 0 Å². The van der Waals surface area contributed by atoms with Crippen LogP contribution >= 0.6 is 0 Å². The molecule has 0 heterocycles. The second kappa shape index (κ2) is 9.08. The zero-order valence-electron chi connectivity index (χ0n) is 13.9. The van der Waals surface area contributed by atoms with Crippen molar-refractivity contribution >= 4 is 17.6 Å². The van der Waals surface area contributed by atoms with Crippen LogP contribution in [0, 0.1) is 11.3 Å². The highest BCUT2D eigenvalue weighted by atomic mass is 16.5. The van der Waals surface area contributed by atoms with E-state index in [4.69, 9.17) is 5.26 Å². The van der Waals surface area contributed by atoms with Gasteiger partial charge < -0.3 is 15.4 Å². The van der Waals surface area contributed by atoms with Gasteiger partial charge in [0, 0.05) is 17.8 Å². The van der Waals surface area contributed by atoms with Gasteiger partial charge in [-0.15, -0.1) is 0 Å². The Balaban J connectivity index is 1.78. The van der Waals surface area contributed by atoms with Gasteiger partial charge in [0.1, 0.15) is 6.54 Å². The number of ether oxygens (including phenoxy) is 1. The summed E-state index contributed by atoms with van der Waals surface area (Å²) in [5.41, 5.74) is 2.96. The van der Waals surface area contributed by atoms with Crippen LogP contribution in [0.25, 0.3) is 0 Å². The van der Waals surface area contributed by atoms with Crippen LogP contribution in [0.4, 0.5) is 5.69 Å². The Bertz CT molecular complexity index is 762. The summed E-state index contributed by atoms with van der Waals surface area (Å²) in [5.74, 6) is -0.490. The van der Waals surface area contributed by atoms with Crippen LogP contribution in [0.3, 0.4) is 0 Å². The molecule has 0 fully saturated rings. The van der Waals surface area contributed by atoms with Gasteiger partial charge >= 0.3 is 5.97 Å². The number of amides is 1. The predicted octanol–water partition coefficient (Wildman–Crippen LogP) is 2.12. The van der Waals surface area contributed by atoms with Crippen LogP contribution in [0.2, 0.25) is 0 Å². The van der Waals surface area contributed by atoms with E-state index in [-0.39, 0.29) is 18.4 Å². The van der Waals surface area contributed by atoms with Gasteiger partial charge in [0.05, 0.1) is 18.7 Å². The van der Waals surface area contributed by atoms with Crippen molar-refractivity contribution in [3.05, 3.63) is 65.2 Å². The number of carbonyl (C=O) groups excluding carboxylic acids is 2. The quantitative estimate of drug-likeness (QED) is 0.755. The van der Waals surface area contributed by atoms with Crippen LogP contribution in [-0.4, -0.2) is 32.1 Å². The van der Waals surface area contributed by atoms with Crippen molar-refractivity contribution in [3.63, 3.8) is 0 Å². The fraction of sp³-hybridized carbons (Fsp3) is 0.211. The zero-order valence-corrected chi connectivity index (χ0v) is 13.9. The second-order valence-electron chi connectivity index (χ2n) is 5.32. The number of nitrogens with one attached hydrogen (secondary N) is 2. The molecule has 2 N–H and O–H groups in total. The molecule has 0 spiro atoms. The Labute approximate surface area is 146 Å². The van der Waals surface area contributed by atoms with E-state index in [1.807, 2.05) is 30.3 Å². The first-order chi connectivity index (χ1) is 12.1. The van der Waals surface area contributed by atoms with E-state index in [0.717, 1.165) is 11.3 Å². The Hall–Kier alpha value is -3.33. The van der Waals surface area contributed by atoms with Crippen LogP contribution in [0.1, 0.15) is 21.5 Å². The summed E-state index contributed by atoms with van der Waals surface area (Å²) >= 11 is 0. The fourth-order valence-electron chi connectivity index (χ4n) is 2.15. The average molecular weight is 337 g/mol. The maximum absolute atomic E-state index is 12.0. The molecule has 0 aliphatic heterocycles. The van der Waals surface area contributed by atoms with E-state index in [0.29, 0.717) is 24.1 Å². The van der Waals surface area contributed by atoms with Crippen LogP contribution in [0.15, 0.2) is 48.5 Å². The van der Waals surface area contributed by atoms with Crippen LogP contribution < -0.4 is 10.6 Å². The number of nitriles is 1. The van der Waals surface area contributed by atoms with E-state index in [9.17, 15) is 9.59 Å². The third-order valence-electron chi connectivity index (χ3n) is 3.59. The number of carbonyl (C=O) groups is 2. The van der Waals surface area contributed by atoms with E-state index in [1.54, 1.807) is 24.3 Å². The first-order valence-electron chi connectivity index (χ1n) is 7.80. The third kappa shape index (κ3) is 5.66. The molecule has 0 saturated carbocycles. The number of hydrogen-bond donors (Lipinski definition) is 2. The first kappa shape index (κ1) is 18.0. The van der Waals surface area contributed by atoms with Crippen molar-refractivity contribution in [2.45, 2.75) is 6.42 Å². The lowest BCUT2D eigenvalue weighted by molar-refractivity contribution is -0.138. The van der Waals surface area contributed by atoms with Gasteiger partial charge in [-0.1, -0.05) is 12.1 Å². The summed E-state index contributed by atoms with van der Waals surface area (Å²) in [6.45, 7) is 0.629. The van der Waals surface area contributed by atoms with E-state index >= 15 is 0 Å². The number of anilines is 1. The Morgan fingerprint density at radius 2 is 1.76 bits per heavy atom. The number of methoxy groups -OCH3 is 1. The topological polar surface area (TPSA) is 91.2 Å². The van der Waals surface area contributed by atoms with Gasteiger partial charge in [0.2, 0.25) is 0 Å². The Morgan fingerprint density at radius 3 is 2.36 bits per heavy atom. The average Bonchev–Trinajstić information content (AvgIpc) is 2.67. The molecule has 0 aliphatic carbocycles. The van der Waals surface area contributed by atoms with Crippen molar-refractivity contribution in [3.8, 4) is 6.07 Å². The molecule has 6 nitrogen and oxygen atoms in total. The molecular weight excluding hydrogens is 318 g/mol. The summed E-state index contributed by atoms with van der Waals surface area (Å²) in [4.78, 5) is 23.1. The van der Waals surface area contributed by atoms with Gasteiger partial charge in [-0.05, 0) is 48.4 Å². The fourth-order valence-corrected chi connectivity index (χ4v) is 2.15. The molecule has 0 bridgehead atoms. The molecule has 0 aromatic heterocycles. The van der Waals surface area contributed by atoms with Crippen LogP contribution in [-0.2, 0) is 16.0 Å². The molecule has 2 aromatic rings. The van der Waals surface area contributed by atoms with Crippen molar-refractivity contribution in [1.29, 1.82) is 5.26 Å². The number of esters is 1. The maximum atomic E-state index is 12.0. The minimum atomic E-state index is -0.324. The van der Waals surface area contributed by atoms with Crippen molar-refractivity contribution in [1.82, 2.24) is 5.32 Å². The summed E-state index contributed by atoms with van der Waals surface area (Å²) in [6.07, 6.45) is 0.694. The molecule has 2 aromatic carbocycles. The van der Waals surface area contributed by atoms with E-state index < -0.39 is 0 Å². The maximum Gasteiger partial charge on any atom is 0.325 e. The smallest absolute Gasteiger partial charge is 0.325 e. The predicted molar refractivity (Wildman–Crippen MR) is 94.1 cm³/mol. The van der Waals surface area contributed by atoms with E-state index in [1.165, 1.54) is 7.11 Å². The highest BCUT2D eigenvalue weighted by Crippen LogP contribution is 2.10. The molecule has 0 saturated heterocycles. The lowest BCUT2D eigenvalue weighted by Crippen LogP contribution is -2.25. The number of benzene rings is 2. The normalized spacial score (nSPS) is 9.76. The Kier molecular flexibility index (Phi) is 6.55. The molecular formula is C19H19N3O3. The molecule has 6 heteroatoms. The number of hydrogen-bond acceptors (Lipinski definition) is 5. The van der Waals surface area contributed by atoms with Gasteiger partial charge in [0.25, 0.3) is 5.91 Å². The van der Waals surface area contributed by atoms with Crippen LogP contribution in [0.5, 0.6) is 0 Å². The van der Waals surface area contributed by atoms with Crippen molar-refractivity contribution < 1.29 is 14.3 Å². The standard InChI is InChI=1S/C19H19N3O3/c1-25-18(23)13-22-17-8-4-14(5-9-17)10-11-21-19(24)16-6-2-15(12-20)3-7-16/h2-9,22H,10-11,13H2,1H3,(H,21,24). The number of rotatable bonds is 7. The first-order valence-corrected chi connectivity index (χ1v) is 7.80. The molecule has 128 valence electrons. The highest BCUT2D eigenvalue weighted by molar-refractivity contribution is 5.94. The molecule has 25 heavy (non-hydrogen) atoms. The minimum absolute atomic E-state index is 0.122. The van der Waals surface area contributed by atoms with Gasteiger partial charge in [-0.2, -0.15) is 5.26 Å². The number of nitrogens with zero attached hydrogens (tertiary/aromatic N) is 1. The van der Waals surface area contributed by atoms with Crippen molar-refractivity contribution in [2.24, 2.45) is 0 Å². The molecule has 2 rings (SSSR count). The molecule has 0 aliphatic rings. The monoisotopic (exact) mass is 337 g/mol. The lowest BCUT2D eigenvalue weighted by atomic mass is 10.1. The highest BCUT2D eigenvalue weighted by Gasteiger charge is 2.05. The Morgan fingerprint density at radius 1 is 1.08 bits per heavy atom. The summed E-state index contributed by atoms with van der Waals surface area (Å²) in [6, 6.07) is 16.2. The molecule has 1 amide bonds. The van der Waals surface area contributed by atoms with Gasteiger partial charge in [0.15, 0.2) is 0 Å². The second-order valence-corrected chi connectivity index (χ2v) is 5.32. The summed E-state index contributed by atoms with van der Waals surface area (Å²) in [7, 11) is 1.35. The minimum Gasteiger partial charge on any atom is -0.468 e. The lowest BCUT2D eigenvalue weighted by Gasteiger charge is -2.08. The summed E-state index contributed by atoms with van der Waals surface area (Å²) < 4.78 is 4.56. The molecule has 0 unspecified atom stereocenters. The zero-order chi connectivity index (χ0) is 18.1. The molecule has 0 radical (unpaired) electrons. The van der Waals surface area contributed by atoms with E-state index in [2.05, 4.69) is 15.4 Å². The summed E-state index contributed by atoms with van der Waals surface area (Å²) in [5, 5.41) is 14.6. The largest absolute Gasteiger partial charge is 0.468 e.